The number of amides is 1. The van der Waals surface area contributed by atoms with Crippen molar-refractivity contribution in [3.05, 3.63) is 34.9 Å². The van der Waals surface area contributed by atoms with E-state index in [0.29, 0.717) is 11.6 Å². The van der Waals surface area contributed by atoms with Crippen LogP contribution in [0.15, 0.2) is 18.2 Å². The Morgan fingerprint density at radius 3 is 2.55 bits per heavy atom. The highest BCUT2D eigenvalue weighted by Crippen LogP contribution is 2.19. The van der Waals surface area contributed by atoms with Gasteiger partial charge in [-0.2, -0.15) is 0 Å². The van der Waals surface area contributed by atoms with Crippen LogP contribution in [0.5, 0.6) is 0 Å². The van der Waals surface area contributed by atoms with Gasteiger partial charge < -0.3 is 5.32 Å². The molecule has 0 aromatic heterocycles. The Hall–Kier alpha value is -1.64. The third-order valence-corrected chi connectivity index (χ3v) is 3.96. The summed E-state index contributed by atoms with van der Waals surface area (Å²) < 4.78 is 0. The molecule has 1 aliphatic rings. The molecule has 0 heterocycles. The van der Waals surface area contributed by atoms with Crippen molar-refractivity contribution in [2.75, 3.05) is 0 Å². The smallest absolute Gasteiger partial charge is 0.251 e. The number of carbonyl (C=O) groups is 2. The van der Waals surface area contributed by atoms with Gasteiger partial charge in [-0.1, -0.05) is 32.3 Å². The summed E-state index contributed by atoms with van der Waals surface area (Å²) in [7, 11) is 0. The Morgan fingerprint density at radius 1 is 1.25 bits per heavy atom. The van der Waals surface area contributed by atoms with Crippen LogP contribution in [0.2, 0.25) is 0 Å². The topological polar surface area (TPSA) is 46.2 Å². The zero-order chi connectivity index (χ0) is 14.5. The molecule has 0 bridgehead atoms. The fourth-order valence-corrected chi connectivity index (χ4v) is 2.89. The van der Waals surface area contributed by atoms with E-state index in [1.165, 1.54) is 12.8 Å². The fraction of sp³-hybridized carbons (Fsp3) is 0.529. The lowest BCUT2D eigenvalue weighted by Crippen LogP contribution is -2.32. The van der Waals surface area contributed by atoms with E-state index in [-0.39, 0.29) is 11.7 Å². The first-order valence-electron chi connectivity index (χ1n) is 7.56. The zero-order valence-corrected chi connectivity index (χ0v) is 12.4. The molecule has 1 aromatic rings. The molecule has 3 nitrogen and oxygen atoms in total. The molecule has 1 saturated carbocycles. The Bertz CT molecular complexity index is 502. The van der Waals surface area contributed by atoms with Gasteiger partial charge >= 0.3 is 0 Å². The summed E-state index contributed by atoms with van der Waals surface area (Å²) in [5, 5.41) is 3.09. The quantitative estimate of drug-likeness (QED) is 0.834. The highest BCUT2D eigenvalue weighted by molar-refractivity contribution is 5.99. The van der Waals surface area contributed by atoms with Crippen LogP contribution >= 0.6 is 0 Å². The molecule has 0 radical (unpaired) electrons. The summed E-state index contributed by atoms with van der Waals surface area (Å²) in [4.78, 5) is 23.8. The van der Waals surface area contributed by atoms with Crippen LogP contribution in [-0.2, 0) is 6.42 Å². The molecular weight excluding hydrogens is 250 g/mol. The van der Waals surface area contributed by atoms with Gasteiger partial charge in [0.25, 0.3) is 5.91 Å². The largest absolute Gasteiger partial charge is 0.349 e. The van der Waals surface area contributed by atoms with Gasteiger partial charge in [0.2, 0.25) is 0 Å². The third kappa shape index (κ3) is 3.47. The first-order chi connectivity index (χ1) is 9.61. The maximum absolute atomic E-state index is 12.2. The normalized spacial score (nSPS) is 15.3. The van der Waals surface area contributed by atoms with Crippen molar-refractivity contribution >= 4 is 11.7 Å². The number of Topliss-reactive ketones (excluding diaryl/α,β-unsaturated/α-hetero) is 1. The standard InChI is InChI=1S/C17H23NO2/c1-3-6-13-11-14(9-10-16(13)12(2)19)17(20)18-15-7-4-5-8-15/h9-11,15H,3-8H2,1-2H3,(H,18,20). The number of benzene rings is 1. The maximum Gasteiger partial charge on any atom is 0.251 e. The maximum atomic E-state index is 12.2. The van der Waals surface area contributed by atoms with E-state index in [0.717, 1.165) is 36.8 Å². The fourth-order valence-electron chi connectivity index (χ4n) is 2.89. The minimum Gasteiger partial charge on any atom is -0.349 e. The van der Waals surface area contributed by atoms with E-state index < -0.39 is 0 Å². The van der Waals surface area contributed by atoms with Crippen LogP contribution in [-0.4, -0.2) is 17.7 Å². The van der Waals surface area contributed by atoms with E-state index >= 15 is 0 Å². The van der Waals surface area contributed by atoms with Gasteiger partial charge in [-0.3, -0.25) is 9.59 Å². The van der Waals surface area contributed by atoms with Crippen LogP contribution in [0.25, 0.3) is 0 Å². The summed E-state index contributed by atoms with van der Waals surface area (Å²) >= 11 is 0. The number of hydrogen-bond acceptors (Lipinski definition) is 2. The van der Waals surface area contributed by atoms with Crippen LogP contribution < -0.4 is 5.32 Å². The molecule has 0 saturated heterocycles. The van der Waals surface area contributed by atoms with Gasteiger partial charge in [0.15, 0.2) is 5.78 Å². The SMILES string of the molecule is CCCc1cc(C(=O)NC2CCCC2)ccc1C(C)=O. The van der Waals surface area contributed by atoms with Gasteiger partial charge in [0.05, 0.1) is 0 Å². The number of aryl methyl sites for hydroxylation is 1. The van der Waals surface area contributed by atoms with Crippen molar-refractivity contribution in [1.29, 1.82) is 0 Å². The minimum atomic E-state index is -0.00986. The second kappa shape index (κ2) is 6.69. The summed E-state index contributed by atoms with van der Waals surface area (Å²) in [5.74, 6) is 0.0561. The number of rotatable bonds is 5. The summed E-state index contributed by atoms with van der Waals surface area (Å²) in [5.41, 5.74) is 2.40. The Balaban J connectivity index is 2.16. The second-order valence-electron chi connectivity index (χ2n) is 5.63. The molecule has 1 fully saturated rings. The van der Waals surface area contributed by atoms with Crippen molar-refractivity contribution in [2.24, 2.45) is 0 Å². The predicted octanol–water partition coefficient (Wildman–Crippen LogP) is 3.51. The molecule has 3 heteroatoms. The van der Waals surface area contributed by atoms with Gasteiger partial charge in [-0.15, -0.1) is 0 Å². The zero-order valence-electron chi connectivity index (χ0n) is 12.4. The van der Waals surface area contributed by atoms with Crippen LogP contribution in [0, 0.1) is 0 Å². The lowest BCUT2D eigenvalue weighted by Gasteiger charge is -2.13. The Kier molecular flexibility index (Phi) is 4.94. The van der Waals surface area contributed by atoms with E-state index in [9.17, 15) is 9.59 Å². The molecule has 1 aromatic carbocycles. The van der Waals surface area contributed by atoms with Crippen molar-refractivity contribution < 1.29 is 9.59 Å². The average Bonchev–Trinajstić information content (AvgIpc) is 2.91. The number of carbonyl (C=O) groups excluding carboxylic acids is 2. The highest BCUT2D eigenvalue weighted by atomic mass is 16.1. The third-order valence-electron chi connectivity index (χ3n) is 3.96. The lowest BCUT2D eigenvalue weighted by atomic mass is 9.97. The number of nitrogens with one attached hydrogen (secondary N) is 1. The molecule has 1 amide bonds. The Morgan fingerprint density at radius 2 is 1.95 bits per heavy atom. The van der Waals surface area contributed by atoms with Crippen molar-refractivity contribution in [3.63, 3.8) is 0 Å². The molecule has 1 N–H and O–H groups in total. The Labute approximate surface area is 120 Å². The minimum absolute atomic E-state index is 0.00986. The molecule has 0 atom stereocenters. The highest BCUT2D eigenvalue weighted by Gasteiger charge is 2.18. The van der Waals surface area contributed by atoms with Crippen molar-refractivity contribution in [2.45, 2.75) is 58.4 Å². The van der Waals surface area contributed by atoms with Gasteiger partial charge in [0.1, 0.15) is 0 Å². The van der Waals surface area contributed by atoms with Crippen molar-refractivity contribution in [3.8, 4) is 0 Å². The monoisotopic (exact) mass is 273 g/mol. The first kappa shape index (κ1) is 14.8. The molecule has 0 spiro atoms. The molecule has 108 valence electrons. The predicted molar refractivity (Wildman–Crippen MR) is 80.2 cm³/mol. The number of ketones is 1. The average molecular weight is 273 g/mol. The molecule has 2 rings (SSSR count). The van der Waals surface area contributed by atoms with Crippen LogP contribution in [0.4, 0.5) is 0 Å². The number of hydrogen-bond donors (Lipinski definition) is 1. The molecule has 20 heavy (non-hydrogen) atoms. The molecular formula is C17H23NO2. The van der Waals surface area contributed by atoms with E-state index in [2.05, 4.69) is 12.2 Å². The molecule has 0 aliphatic heterocycles. The van der Waals surface area contributed by atoms with Crippen molar-refractivity contribution in [1.82, 2.24) is 5.32 Å². The molecule has 1 aliphatic carbocycles. The molecule has 0 unspecified atom stereocenters. The van der Waals surface area contributed by atoms with Gasteiger partial charge in [-0.05, 0) is 43.9 Å². The van der Waals surface area contributed by atoms with Gasteiger partial charge in [0, 0.05) is 17.2 Å². The first-order valence-corrected chi connectivity index (χ1v) is 7.56. The summed E-state index contributed by atoms with van der Waals surface area (Å²) in [6, 6.07) is 5.76. The second-order valence-corrected chi connectivity index (χ2v) is 5.63. The van der Waals surface area contributed by atoms with Gasteiger partial charge in [-0.25, -0.2) is 0 Å². The summed E-state index contributed by atoms with van der Waals surface area (Å²) in [6.07, 6.45) is 6.37. The van der Waals surface area contributed by atoms with E-state index in [1.807, 2.05) is 6.07 Å². The lowest BCUT2D eigenvalue weighted by molar-refractivity contribution is 0.0936. The van der Waals surface area contributed by atoms with Crippen LogP contribution in [0.3, 0.4) is 0 Å². The van der Waals surface area contributed by atoms with E-state index in [1.54, 1.807) is 19.1 Å². The summed E-state index contributed by atoms with van der Waals surface area (Å²) in [6.45, 7) is 3.65. The van der Waals surface area contributed by atoms with Crippen LogP contribution in [0.1, 0.15) is 72.2 Å². The van der Waals surface area contributed by atoms with E-state index in [4.69, 9.17) is 0 Å².